The number of carboxylic acids is 1. The molecule has 0 aromatic heterocycles. The van der Waals surface area contributed by atoms with Crippen molar-refractivity contribution in [1.82, 2.24) is 5.32 Å². The standard InChI is InChI=1S/C15H23NO4/c1-10-3-4-11(2)12(9-10)15(20)13(16-7-8-17)5-6-14(18)19/h3-4,9,13,15-17,20H,5-8H2,1-2H3,(H,18,19). The Bertz CT molecular complexity index is 447. The molecule has 1 aromatic rings. The number of aliphatic hydroxyl groups excluding tert-OH is 2. The first-order chi connectivity index (χ1) is 9.45. The third-order valence-electron chi connectivity index (χ3n) is 3.32. The van der Waals surface area contributed by atoms with Crippen molar-refractivity contribution in [2.75, 3.05) is 13.2 Å². The molecule has 0 aliphatic heterocycles. The molecule has 0 fully saturated rings. The van der Waals surface area contributed by atoms with Gasteiger partial charge in [0.1, 0.15) is 0 Å². The second kappa shape index (κ2) is 7.99. The number of nitrogens with one attached hydrogen (secondary N) is 1. The SMILES string of the molecule is Cc1ccc(C)c(C(O)C(CCC(=O)O)NCCO)c1. The zero-order valence-electron chi connectivity index (χ0n) is 12.0. The van der Waals surface area contributed by atoms with Crippen LogP contribution in [0.4, 0.5) is 0 Å². The van der Waals surface area contributed by atoms with Crippen LogP contribution in [0.15, 0.2) is 18.2 Å². The Hall–Kier alpha value is -1.43. The maximum Gasteiger partial charge on any atom is 0.303 e. The van der Waals surface area contributed by atoms with Gasteiger partial charge in [-0.15, -0.1) is 0 Å². The highest BCUT2D eigenvalue weighted by Crippen LogP contribution is 2.24. The molecule has 112 valence electrons. The smallest absolute Gasteiger partial charge is 0.303 e. The molecule has 0 saturated carbocycles. The van der Waals surface area contributed by atoms with Crippen molar-refractivity contribution in [2.24, 2.45) is 0 Å². The van der Waals surface area contributed by atoms with Crippen molar-refractivity contribution in [3.8, 4) is 0 Å². The molecule has 0 bridgehead atoms. The summed E-state index contributed by atoms with van der Waals surface area (Å²) in [6.07, 6.45) is -0.504. The van der Waals surface area contributed by atoms with Crippen LogP contribution in [0.25, 0.3) is 0 Å². The number of carboxylic acid groups (broad SMARTS) is 1. The largest absolute Gasteiger partial charge is 0.481 e. The first kappa shape index (κ1) is 16.6. The Labute approximate surface area is 119 Å². The van der Waals surface area contributed by atoms with Gasteiger partial charge in [0, 0.05) is 19.0 Å². The second-order valence-electron chi connectivity index (χ2n) is 5.02. The van der Waals surface area contributed by atoms with Crippen LogP contribution < -0.4 is 5.32 Å². The van der Waals surface area contributed by atoms with Crippen molar-refractivity contribution in [3.05, 3.63) is 34.9 Å². The number of hydrogen-bond acceptors (Lipinski definition) is 4. The Morgan fingerprint density at radius 1 is 1.35 bits per heavy atom. The van der Waals surface area contributed by atoms with Gasteiger partial charge in [-0.1, -0.05) is 23.8 Å². The molecule has 2 atom stereocenters. The number of aliphatic hydroxyl groups is 2. The van der Waals surface area contributed by atoms with Crippen molar-refractivity contribution < 1.29 is 20.1 Å². The van der Waals surface area contributed by atoms with Crippen LogP contribution in [0, 0.1) is 13.8 Å². The first-order valence-corrected chi connectivity index (χ1v) is 6.77. The molecule has 0 heterocycles. The van der Waals surface area contributed by atoms with E-state index in [2.05, 4.69) is 5.32 Å². The topological polar surface area (TPSA) is 89.8 Å². The average Bonchev–Trinajstić information content (AvgIpc) is 2.40. The molecular weight excluding hydrogens is 258 g/mol. The number of carbonyl (C=O) groups is 1. The molecule has 4 N–H and O–H groups in total. The normalized spacial score (nSPS) is 14.0. The summed E-state index contributed by atoms with van der Waals surface area (Å²) in [5, 5.41) is 31.2. The van der Waals surface area contributed by atoms with Gasteiger partial charge in [0.05, 0.1) is 12.7 Å². The lowest BCUT2D eigenvalue weighted by molar-refractivity contribution is -0.137. The molecular formula is C15H23NO4. The van der Waals surface area contributed by atoms with E-state index in [-0.39, 0.29) is 13.0 Å². The number of aryl methyl sites for hydroxylation is 2. The van der Waals surface area contributed by atoms with Crippen LogP contribution in [0.5, 0.6) is 0 Å². The van der Waals surface area contributed by atoms with Crippen LogP contribution in [-0.2, 0) is 4.79 Å². The van der Waals surface area contributed by atoms with E-state index in [4.69, 9.17) is 10.2 Å². The van der Waals surface area contributed by atoms with Gasteiger partial charge in [0.15, 0.2) is 0 Å². The van der Waals surface area contributed by atoms with Crippen LogP contribution in [0.3, 0.4) is 0 Å². The Morgan fingerprint density at radius 2 is 2.05 bits per heavy atom. The quantitative estimate of drug-likeness (QED) is 0.574. The fraction of sp³-hybridized carbons (Fsp3) is 0.533. The summed E-state index contributed by atoms with van der Waals surface area (Å²) in [4.78, 5) is 10.7. The van der Waals surface area contributed by atoms with Crippen LogP contribution in [0.2, 0.25) is 0 Å². The highest BCUT2D eigenvalue weighted by Gasteiger charge is 2.22. The summed E-state index contributed by atoms with van der Waals surface area (Å²) >= 11 is 0. The molecule has 2 unspecified atom stereocenters. The minimum absolute atomic E-state index is 0.0228. The van der Waals surface area contributed by atoms with E-state index in [0.717, 1.165) is 16.7 Å². The average molecular weight is 281 g/mol. The Kier molecular flexibility index (Phi) is 6.64. The van der Waals surface area contributed by atoms with Gasteiger partial charge < -0.3 is 20.6 Å². The second-order valence-corrected chi connectivity index (χ2v) is 5.02. The maximum absolute atomic E-state index is 10.7. The van der Waals surface area contributed by atoms with Gasteiger partial charge in [-0.05, 0) is 31.4 Å². The molecule has 0 aliphatic rings. The predicted molar refractivity (Wildman–Crippen MR) is 76.6 cm³/mol. The van der Waals surface area contributed by atoms with E-state index in [0.29, 0.717) is 13.0 Å². The summed E-state index contributed by atoms with van der Waals surface area (Å²) < 4.78 is 0. The molecule has 0 spiro atoms. The van der Waals surface area contributed by atoms with Crippen molar-refractivity contribution in [2.45, 2.75) is 38.8 Å². The van der Waals surface area contributed by atoms with E-state index in [9.17, 15) is 9.90 Å². The Morgan fingerprint density at radius 3 is 2.65 bits per heavy atom. The fourth-order valence-corrected chi connectivity index (χ4v) is 2.20. The zero-order valence-corrected chi connectivity index (χ0v) is 12.0. The van der Waals surface area contributed by atoms with Gasteiger partial charge >= 0.3 is 5.97 Å². The van der Waals surface area contributed by atoms with Crippen LogP contribution >= 0.6 is 0 Å². The van der Waals surface area contributed by atoms with E-state index < -0.39 is 18.1 Å². The number of rotatable bonds is 8. The monoisotopic (exact) mass is 281 g/mol. The maximum atomic E-state index is 10.7. The summed E-state index contributed by atoms with van der Waals surface area (Å²) in [6, 6.07) is 5.43. The van der Waals surface area contributed by atoms with Gasteiger partial charge in [0.2, 0.25) is 0 Å². The lowest BCUT2D eigenvalue weighted by atomic mass is 9.93. The number of hydrogen-bond donors (Lipinski definition) is 4. The predicted octanol–water partition coefficient (Wildman–Crippen LogP) is 1.15. The summed E-state index contributed by atoms with van der Waals surface area (Å²) in [5.41, 5.74) is 2.81. The molecule has 0 saturated heterocycles. The molecule has 1 rings (SSSR count). The first-order valence-electron chi connectivity index (χ1n) is 6.77. The fourth-order valence-electron chi connectivity index (χ4n) is 2.20. The number of aliphatic carboxylic acids is 1. The lowest BCUT2D eigenvalue weighted by Gasteiger charge is -2.25. The minimum atomic E-state index is -0.894. The molecule has 5 nitrogen and oxygen atoms in total. The molecule has 1 aromatic carbocycles. The van der Waals surface area contributed by atoms with E-state index >= 15 is 0 Å². The van der Waals surface area contributed by atoms with Gasteiger partial charge in [-0.2, -0.15) is 0 Å². The third kappa shape index (κ3) is 4.92. The van der Waals surface area contributed by atoms with Crippen LogP contribution in [0.1, 0.15) is 35.6 Å². The summed E-state index contributed by atoms with van der Waals surface area (Å²) in [5.74, 6) is -0.894. The Balaban J connectivity index is 2.86. The van der Waals surface area contributed by atoms with E-state index in [1.54, 1.807) is 0 Å². The van der Waals surface area contributed by atoms with Crippen molar-refractivity contribution in [3.63, 3.8) is 0 Å². The highest BCUT2D eigenvalue weighted by molar-refractivity contribution is 5.66. The highest BCUT2D eigenvalue weighted by atomic mass is 16.4. The van der Waals surface area contributed by atoms with Crippen LogP contribution in [-0.4, -0.2) is 40.5 Å². The molecule has 20 heavy (non-hydrogen) atoms. The molecule has 0 amide bonds. The minimum Gasteiger partial charge on any atom is -0.481 e. The van der Waals surface area contributed by atoms with E-state index in [1.807, 2.05) is 32.0 Å². The van der Waals surface area contributed by atoms with E-state index in [1.165, 1.54) is 0 Å². The number of benzene rings is 1. The van der Waals surface area contributed by atoms with Gasteiger partial charge in [-0.25, -0.2) is 0 Å². The summed E-state index contributed by atoms with van der Waals surface area (Å²) in [7, 11) is 0. The van der Waals surface area contributed by atoms with Crippen molar-refractivity contribution in [1.29, 1.82) is 0 Å². The molecule has 0 aliphatic carbocycles. The third-order valence-corrected chi connectivity index (χ3v) is 3.32. The summed E-state index contributed by atoms with van der Waals surface area (Å²) in [6.45, 7) is 4.14. The lowest BCUT2D eigenvalue weighted by Crippen LogP contribution is -2.37. The molecule has 0 radical (unpaired) electrons. The van der Waals surface area contributed by atoms with Gasteiger partial charge in [-0.3, -0.25) is 4.79 Å². The van der Waals surface area contributed by atoms with Gasteiger partial charge in [0.25, 0.3) is 0 Å². The zero-order chi connectivity index (χ0) is 15.1. The van der Waals surface area contributed by atoms with Crippen molar-refractivity contribution >= 4 is 5.97 Å². The molecule has 5 heteroatoms.